The van der Waals surface area contributed by atoms with Gasteiger partial charge in [0.05, 0.1) is 30.1 Å². The summed E-state index contributed by atoms with van der Waals surface area (Å²) in [6, 6.07) is 11.7. The Morgan fingerprint density at radius 2 is 1.74 bits per heavy atom. The summed E-state index contributed by atoms with van der Waals surface area (Å²) >= 11 is 17.6. The van der Waals surface area contributed by atoms with Gasteiger partial charge in [0.25, 0.3) is 11.8 Å². The lowest BCUT2D eigenvalue weighted by atomic mass is 9.57. The van der Waals surface area contributed by atoms with Crippen molar-refractivity contribution in [1.29, 1.82) is 0 Å². The number of nitrogens with zero attached hydrogens (tertiary/aromatic N) is 2. The number of halogens is 3. The molecule has 1 N–H and O–H groups in total. The minimum absolute atomic E-state index is 0.0374. The van der Waals surface area contributed by atoms with Crippen LogP contribution in [0.3, 0.4) is 0 Å². The van der Waals surface area contributed by atoms with E-state index in [1.54, 1.807) is 54.6 Å². The predicted octanol–water partition coefficient (Wildman–Crippen LogP) is 5.51. The monoisotopic (exact) mass is 684 g/mol. The molecule has 8 nitrogen and oxygen atoms in total. The molecule has 2 aliphatic carbocycles. The fraction of sp³-hybridized carbons (Fsp3) is 0.312. The quantitative estimate of drug-likeness (QED) is 0.186. The fourth-order valence-electron chi connectivity index (χ4n) is 7.02. The number of rotatable bonds is 6. The normalized spacial score (nSPS) is 31.7. The van der Waals surface area contributed by atoms with Gasteiger partial charge in [-0.3, -0.25) is 29.0 Å². The van der Waals surface area contributed by atoms with Crippen LogP contribution in [0.25, 0.3) is 12.2 Å². The zero-order chi connectivity index (χ0) is 30.8. The number of allylic oxidation sites excluding steroid dienone is 3. The summed E-state index contributed by atoms with van der Waals surface area (Å²) in [5.74, 6) is -4.68. The van der Waals surface area contributed by atoms with Gasteiger partial charge in [0.2, 0.25) is 11.8 Å². The molecular formula is C32H27BrCl2N2O6. The van der Waals surface area contributed by atoms with Gasteiger partial charge in [-0.25, -0.2) is 0 Å². The number of hydrogen-bond acceptors (Lipinski definition) is 6. The highest BCUT2D eigenvalue weighted by Gasteiger charge is 2.75. The average Bonchev–Trinajstić information content (AvgIpc) is 3.35. The highest BCUT2D eigenvalue weighted by Crippen LogP contribution is 2.63. The molecule has 4 amide bonds. The van der Waals surface area contributed by atoms with Gasteiger partial charge < -0.3 is 9.84 Å². The first kappa shape index (κ1) is 29.7. The number of phenolic OH excluding ortho intramolecular Hbond substituents is 1. The number of methoxy groups -OCH3 is 1. The molecule has 0 unspecified atom stereocenters. The van der Waals surface area contributed by atoms with Crippen LogP contribution in [0.15, 0.2) is 66.8 Å². The summed E-state index contributed by atoms with van der Waals surface area (Å²) in [4.78, 5) is 53.7. The van der Waals surface area contributed by atoms with E-state index in [9.17, 15) is 24.3 Å². The Labute approximate surface area is 266 Å². The van der Waals surface area contributed by atoms with Crippen molar-refractivity contribution in [3.63, 3.8) is 0 Å². The average molecular weight is 686 g/mol. The number of carbonyl (C=O) groups is 4. The summed E-state index contributed by atoms with van der Waals surface area (Å²) in [7, 11) is 1.43. The smallest absolute Gasteiger partial charge is 0.254 e. The highest BCUT2D eigenvalue weighted by atomic mass is 79.9. The molecule has 2 heterocycles. The Kier molecular flexibility index (Phi) is 7.34. The van der Waals surface area contributed by atoms with E-state index in [4.69, 9.17) is 27.9 Å². The number of imide groups is 2. The Morgan fingerprint density at radius 3 is 2.40 bits per heavy atom. The summed E-state index contributed by atoms with van der Waals surface area (Å²) < 4.78 is 5.22. The zero-order valence-corrected chi connectivity index (χ0v) is 26.1. The number of alkyl halides is 3. The van der Waals surface area contributed by atoms with Gasteiger partial charge in [-0.05, 0) is 54.2 Å². The van der Waals surface area contributed by atoms with E-state index < -0.39 is 45.2 Å². The second-order valence-electron chi connectivity index (χ2n) is 11.1. The number of anilines is 1. The second-order valence-corrected chi connectivity index (χ2v) is 12.9. The third kappa shape index (κ3) is 4.15. The molecule has 43 heavy (non-hydrogen) atoms. The maximum atomic E-state index is 14.0. The molecule has 0 bridgehead atoms. The fourth-order valence-corrected chi connectivity index (χ4v) is 8.40. The molecule has 222 valence electrons. The molecule has 3 fully saturated rings. The zero-order valence-electron chi connectivity index (χ0n) is 23.0. The summed E-state index contributed by atoms with van der Waals surface area (Å²) in [6.45, 7) is 3.75. The van der Waals surface area contributed by atoms with Crippen molar-refractivity contribution in [2.24, 2.45) is 23.7 Å². The lowest BCUT2D eigenvalue weighted by Gasteiger charge is -2.49. The number of amides is 4. The number of hydrogen-bond donors (Lipinski definition) is 1. The lowest BCUT2D eigenvalue weighted by Crippen LogP contribution is -2.60. The number of likely N-dealkylation sites (tertiary alicyclic amines) is 1. The van der Waals surface area contributed by atoms with Gasteiger partial charge in [-0.15, -0.1) is 23.2 Å². The first-order valence-corrected chi connectivity index (χ1v) is 15.5. The lowest BCUT2D eigenvalue weighted by molar-refractivity contribution is -0.138. The van der Waals surface area contributed by atoms with Gasteiger partial charge in [0.15, 0.2) is 21.2 Å². The Hall–Kier alpha value is -3.40. The maximum Gasteiger partial charge on any atom is 0.254 e. The van der Waals surface area contributed by atoms with E-state index >= 15 is 0 Å². The number of ether oxygens (including phenoxy) is 1. The maximum absolute atomic E-state index is 14.0. The second kappa shape index (κ2) is 10.6. The van der Waals surface area contributed by atoms with Crippen LogP contribution in [0.2, 0.25) is 0 Å². The van der Waals surface area contributed by atoms with Crippen molar-refractivity contribution < 1.29 is 29.0 Å². The molecule has 2 aliphatic heterocycles. The first-order chi connectivity index (χ1) is 20.5. The van der Waals surface area contributed by atoms with Crippen molar-refractivity contribution >= 4 is 80.6 Å². The molecule has 2 saturated heterocycles. The van der Waals surface area contributed by atoms with Crippen LogP contribution >= 0.6 is 39.1 Å². The molecule has 2 aromatic rings. The number of aromatic hydroxyl groups is 1. The third-order valence-electron chi connectivity index (χ3n) is 9.14. The van der Waals surface area contributed by atoms with E-state index in [1.165, 1.54) is 18.1 Å². The minimum Gasteiger partial charge on any atom is -0.504 e. The van der Waals surface area contributed by atoms with E-state index in [1.807, 2.05) is 6.08 Å². The van der Waals surface area contributed by atoms with Crippen LogP contribution in [0, 0.1) is 23.7 Å². The van der Waals surface area contributed by atoms with Gasteiger partial charge >= 0.3 is 0 Å². The number of fused-ring (bicyclic) bond motifs is 4. The van der Waals surface area contributed by atoms with E-state index in [2.05, 4.69) is 22.5 Å². The van der Waals surface area contributed by atoms with E-state index in [0.717, 1.165) is 10.5 Å². The van der Waals surface area contributed by atoms with Crippen molar-refractivity contribution in [1.82, 2.24) is 4.90 Å². The molecule has 6 atom stereocenters. The molecule has 6 rings (SSSR count). The van der Waals surface area contributed by atoms with Crippen molar-refractivity contribution in [3.05, 3.63) is 77.9 Å². The van der Waals surface area contributed by atoms with Crippen molar-refractivity contribution in [2.75, 3.05) is 17.5 Å². The topological polar surface area (TPSA) is 104 Å². The number of carbonyl (C=O) groups excluding carboxylic acids is 4. The van der Waals surface area contributed by atoms with Crippen LogP contribution in [-0.4, -0.2) is 55.9 Å². The van der Waals surface area contributed by atoms with Crippen LogP contribution in [0.1, 0.15) is 24.0 Å². The number of phenols is 1. The molecule has 0 aromatic heterocycles. The van der Waals surface area contributed by atoms with Gasteiger partial charge in [0, 0.05) is 5.92 Å². The first-order valence-electron chi connectivity index (χ1n) is 13.7. The molecule has 0 radical (unpaired) electrons. The van der Waals surface area contributed by atoms with Crippen molar-refractivity contribution in [3.8, 4) is 11.5 Å². The van der Waals surface area contributed by atoms with Crippen LogP contribution < -0.4 is 9.64 Å². The SMILES string of the molecule is C=Cc1ccc(N2C(=O)[C@H]3[C@H](CC=C4[C@H]3C[C@@]3(Cl)C(=O)N(CBr)C(=O)[C@@]3(Cl)[C@H]4C=Cc3ccc(O)c(OC)c3)C2=O)cc1. The third-order valence-corrected chi connectivity index (χ3v) is 11.1. The Morgan fingerprint density at radius 1 is 1.05 bits per heavy atom. The molecule has 11 heteroatoms. The molecule has 0 spiro atoms. The minimum atomic E-state index is -1.88. The highest BCUT2D eigenvalue weighted by molar-refractivity contribution is 9.09. The molecular weight excluding hydrogens is 659 g/mol. The van der Waals surface area contributed by atoms with Crippen molar-refractivity contribution in [2.45, 2.75) is 22.6 Å². The van der Waals surface area contributed by atoms with Gasteiger partial charge in [-0.1, -0.05) is 70.6 Å². The van der Waals surface area contributed by atoms with Crippen LogP contribution in [0.4, 0.5) is 5.69 Å². The van der Waals surface area contributed by atoms with E-state index in [0.29, 0.717) is 16.8 Å². The summed E-state index contributed by atoms with van der Waals surface area (Å²) in [6.07, 6.45) is 7.16. The Bertz CT molecular complexity index is 1640. The van der Waals surface area contributed by atoms with Gasteiger partial charge in [-0.2, -0.15) is 0 Å². The largest absolute Gasteiger partial charge is 0.504 e. The van der Waals surface area contributed by atoms with Crippen LogP contribution in [0.5, 0.6) is 11.5 Å². The van der Waals surface area contributed by atoms with Crippen LogP contribution in [-0.2, 0) is 19.2 Å². The predicted molar refractivity (Wildman–Crippen MR) is 167 cm³/mol. The molecule has 1 saturated carbocycles. The molecule has 4 aliphatic rings. The standard InChI is InChI=1S/C32H27BrCl2N2O6/c1-3-17-4-8-19(9-5-17)37-27(39)21-11-10-20-22(26(21)28(37)40)15-31(34)29(41)36(16-33)30(42)32(31,35)23(20)12-6-18-7-13-24(38)25(14-18)43-2/h3-10,12-14,21-23,26,38H,1,11,15-16H2,2H3/t21-,22+,23-,26-,31+,32-/m0/s1. The number of benzene rings is 2. The van der Waals surface area contributed by atoms with E-state index in [-0.39, 0.29) is 41.6 Å². The van der Waals surface area contributed by atoms with Gasteiger partial charge in [0.1, 0.15) is 0 Å². The Balaban J connectivity index is 1.45. The molecule has 2 aromatic carbocycles. The summed E-state index contributed by atoms with van der Waals surface area (Å²) in [5.41, 5.74) is 2.54. The summed E-state index contributed by atoms with van der Waals surface area (Å²) in [5, 5.41) is 10.0.